The van der Waals surface area contributed by atoms with Crippen LogP contribution in [0.2, 0.25) is 0 Å². The summed E-state index contributed by atoms with van der Waals surface area (Å²) < 4.78 is 33.9. The van der Waals surface area contributed by atoms with Gasteiger partial charge in [0.25, 0.3) is 21.6 Å². The Hall–Kier alpha value is -4.25. The first-order valence-electron chi connectivity index (χ1n) is 11.7. The lowest BCUT2D eigenvalue weighted by Gasteiger charge is -2.21. The highest BCUT2D eigenvalue weighted by atomic mass is 32.2. The van der Waals surface area contributed by atoms with E-state index in [1.54, 1.807) is 19.1 Å². The maximum atomic E-state index is 13.1. The second-order valence-electron chi connectivity index (χ2n) is 9.76. The van der Waals surface area contributed by atoms with Gasteiger partial charge in [-0.2, -0.15) is 0 Å². The van der Waals surface area contributed by atoms with Crippen LogP contribution in [0.1, 0.15) is 49.2 Å². The van der Waals surface area contributed by atoms with Crippen LogP contribution in [0.15, 0.2) is 71.6 Å². The third kappa shape index (κ3) is 6.94. The van der Waals surface area contributed by atoms with E-state index in [4.69, 9.17) is 4.74 Å². The molecule has 0 radical (unpaired) electrons. The zero-order valence-electron chi connectivity index (χ0n) is 21.6. The Morgan fingerprint density at radius 1 is 0.974 bits per heavy atom. The lowest BCUT2D eigenvalue weighted by molar-refractivity contribution is -0.384. The van der Waals surface area contributed by atoms with Crippen molar-refractivity contribution in [3.05, 3.63) is 93.5 Å². The largest absolute Gasteiger partial charge is 0.449 e. The number of esters is 1. The topological polar surface area (TPSA) is 145 Å². The van der Waals surface area contributed by atoms with Crippen LogP contribution in [0.4, 0.5) is 17.1 Å². The van der Waals surface area contributed by atoms with Gasteiger partial charge in [-0.1, -0.05) is 39.0 Å². The molecule has 0 saturated carbocycles. The van der Waals surface area contributed by atoms with Crippen molar-refractivity contribution < 1.29 is 27.7 Å². The summed E-state index contributed by atoms with van der Waals surface area (Å²) in [5, 5.41) is 13.4. The minimum absolute atomic E-state index is 0.105. The summed E-state index contributed by atoms with van der Waals surface area (Å²) in [6.07, 6.45) is -1.20. The van der Waals surface area contributed by atoms with Gasteiger partial charge in [0.1, 0.15) is 0 Å². The molecule has 0 saturated heterocycles. The predicted molar refractivity (Wildman–Crippen MR) is 144 cm³/mol. The SMILES string of the molecule is Cc1ccc(C(C)(C)C)cc1S(=O)(=O)Nc1ccc(C(=O)O[C@H](C)C(=O)Nc2cccc([N+](=O)[O-])c2)cc1. The van der Waals surface area contributed by atoms with Crippen LogP contribution in [-0.2, 0) is 25.0 Å². The number of nitro groups is 1. The maximum absolute atomic E-state index is 13.1. The first-order valence-corrected chi connectivity index (χ1v) is 13.2. The fourth-order valence-electron chi connectivity index (χ4n) is 3.46. The summed E-state index contributed by atoms with van der Waals surface area (Å²) in [4.78, 5) is 35.4. The average Bonchev–Trinajstić information content (AvgIpc) is 2.83. The van der Waals surface area contributed by atoms with Crippen molar-refractivity contribution in [2.45, 2.75) is 51.0 Å². The molecular formula is C27H29N3O7S. The summed E-state index contributed by atoms with van der Waals surface area (Å²) in [5.41, 5.74) is 1.60. The highest BCUT2D eigenvalue weighted by Crippen LogP contribution is 2.28. The zero-order chi connectivity index (χ0) is 28.3. The summed E-state index contributed by atoms with van der Waals surface area (Å²) in [7, 11) is -3.89. The van der Waals surface area contributed by atoms with Crippen LogP contribution in [0.5, 0.6) is 0 Å². The van der Waals surface area contributed by atoms with E-state index in [1.165, 1.54) is 55.5 Å². The molecule has 0 unspecified atom stereocenters. The molecule has 200 valence electrons. The number of non-ortho nitro benzene ring substituents is 1. The Labute approximate surface area is 221 Å². The van der Waals surface area contributed by atoms with E-state index in [2.05, 4.69) is 10.0 Å². The van der Waals surface area contributed by atoms with Crippen LogP contribution >= 0.6 is 0 Å². The first-order chi connectivity index (χ1) is 17.7. The minimum atomic E-state index is -3.89. The van der Waals surface area contributed by atoms with Gasteiger partial charge in [0.2, 0.25) is 0 Å². The number of amides is 1. The number of hydrogen-bond donors (Lipinski definition) is 2. The molecule has 1 amide bonds. The summed E-state index contributed by atoms with van der Waals surface area (Å²) in [6.45, 7) is 9.07. The highest BCUT2D eigenvalue weighted by Gasteiger charge is 2.23. The smallest absolute Gasteiger partial charge is 0.338 e. The molecule has 1 atom stereocenters. The van der Waals surface area contributed by atoms with Crippen molar-refractivity contribution in [2.75, 3.05) is 10.0 Å². The van der Waals surface area contributed by atoms with Crippen molar-refractivity contribution in [2.24, 2.45) is 0 Å². The standard InChI is InChI=1S/C27H29N3O7S/c1-17-9-12-20(27(3,4)5)15-24(17)38(35,36)29-21-13-10-19(11-14-21)26(32)37-18(2)25(31)28-22-7-6-8-23(16-22)30(33)34/h6-16,18,29H,1-5H3,(H,28,31)/t18-/m1/s1. The number of aryl methyl sites for hydroxylation is 1. The molecule has 10 nitrogen and oxygen atoms in total. The van der Waals surface area contributed by atoms with Gasteiger partial charge in [-0.25, -0.2) is 13.2 Å². The number of sulfonamides is 1. The van der Waals surface area contributed by atoms with E-state index >= 15 is 0 Å². The van der Waals surface area contributed by atoms with Crippen molar-refractivity contribution >= 4 is 39.0 Å². The summed E-state index contributed by atoms with van der Waals surface area (Å²) in [5.74, 6) is -1.47. The summed E-state index contributed by atoms with van der Waals surface area (Å²) >= 11 is 0. The van der Waals surface area contributed by atoms with Gasteiger partial charge in [0.15, 0.2) is 6.10 Å². The average molecular weight is 540 g/mol. The van der Waals surface area contributed by atoms with Crippen LogP contribution in [-0.4, -0.2) is 31.3 Å². The number of nitrogens with zero attached hydrogens (tertiary/aromatic N) is 1. The van der Waals surface area contributed by atoms with Gasteiger partial charge >= 0.3 is 5.97 Å². The zero-order valence-corrected chi connectivity index (χ0v) is 22.5. The van der Waals surface area contributed by atoms with E-state index in [9.17, 15) is 28.1 Å². The van der Waals surface area contributed by atoms with Crippen LogP contribution in [0.3, 0.4) is 0 Å². The molecule has 3 aromatic carbocycles. The van der Waals surface area contributed by atoms with Crippen molar-refractivity contribution in [3.63, 3.8) is 0 Å². The van der Waals surface area contributed by atoms with Gasteiger partial charge in [-0.15, -0.1) is 0 Å². The number of benzene rings is 3. The number of carbonyl (C=O) groups is 2. The normalized spacial score (nSPS) is 12.3. The third-order valence-corrected chi connectivity index (χ3v) is 7.22. The van der Waals surface area contributed by atoms with E-state index < -0.39 is 32.9 Å². The van der Waals surface area contributed by atoms with Gasteiger partial charge in [-0.05, 0) is 66.8 Å². The predicted octanol–water partition coefficient (Wildman–Crippen LogP) is 5.19. The van der Waals surface area contributed by atoms with Crippen molar-refractivity contribution in [1.29, 1.82) is 0 Å². The van der Waals surface area contributed by atoms with E-state index in [0.29, 0.717) is 5.56 Å². The molecular weight excluding hydrogens is 510 g/mol. The van der Waals surface area contributed by atoms with Crippen LogP contribution in [0.25, 0.3) is 0 Å². The van der Waals surface area contributed by atoms with E-state index in [-0.39, 0.29) is 32.9 Å². The fourth-order valence-corrected chi connectivity index (χ4v) is 4.79. The molecule has 0 spiro atoms. The number of carbonyl (C=O) groups excluding carboxylic acids is 2. The third-order valence-electron chi connectivity index (χ3n) is 5.69. The lowest BCUT2D eigenvalue weighted by Crippen LogP contribution is -2.30. The van der Waals surface area contributed by atoms with Gasteiger partial charge in [-0.3, -0.25) is 19.6 Å². The second-order valence-corrected chi connectivity index (χ2v) is 11.4. The monoisotopic (exact) mass is 539 g/mol. The Kier molecular flexibility index (Phi) is 8.21. The Balaban J connectivity index is 1.66. The van der Waals surface area contributed by atoms with Gasteiger partial charge in [0, 0.05) is 23.5 Å². The number of hydrogen-bond acceptors (Lipinski definition) is 7. The quantitative estimate of drug-likeness (QED) is 0.228. The van der Waals surface area contributed by atoms with Crippen molar-refractivity contribution in [1.82, 2.24) is 0 Å². The summed E-state index contributed by atoms with van der Waals surface area (Å²) in [6, 6.07) is 16.3. The molecule has 3 aromatic rings. The van der Waals surface area contributed by atoms with Crippen molar-refractivity contribution in [3.8, 4) is 0 Å². The molecule has 3 rings (SSSR count). The van der Waals surface area contributed by atoms with Crippen LogP contribution in [0, 0.1) is 17.0 Å². The number of rotatable bonds is 8. The number of anilines is 2. The Morgan fingerprint density at radius 2 is 1.63 bits per heavy atom. The lowest BCUT2D eigenvalue weighted by atomic mass is 9.87. The molecule has 0 aliphatic rings. The van der Waals surface area contributed by atoms with Crippen LogP contribution < -0.4 is 10.0 Å². The fraction of sp³-hybridized carbons (Fsp3) is 0.259. The van der Waals surface area contributed by atoms with E-state index in [1.807, 2.05) is 26.8 Å². The molecule has 0 aliphatic heterocycles. The van der Waals surface area contributed by atoms with E-state index in [0.717, 1.165) is 5.56 Å². The molecule has 0 aliphatic carbocycles. The van der Waals surface area contributed by atoms with Gasteiger partial charge in [0.05, 0.1) is 15.4 Å². The van der Waals surface area contributed by atoms with Gasteiger partial charge < -0.3 is 10.1 Å². The first kappa shape index (κ1) is 28.3. The molecule has 0 bridgehead atoms. The molecule has 11 heteroatoms. The Bertz CT molecular complexity index is 1480. The number of ether oxygens (including phenoxy) is 1. The number of nitro benzene ring substituents is 1. The number of nitrogens with one attached hydrogen (secondary N) is 2. The minimum Gasteiger partial charge on any atom is -0.449 e. The molecule has 0 aromatic heterocycles. The molecule has 38 heavy (non-hydrogen) atoms. The second kappa shape index (κ2) is 11.0. The Morgan fingerprint density at radius 3 is 2.24 bits per heavy atom. The molecule has 0 fully saturated rings. The molecule has 2 N–H and O–H groups in total. The highest BCUT2D eigenvalue weighted by molar-refractivity contribution is 7.92. The molecule has 0 heterocycles. The maximum Gasteiger partial charge on any atom is 0.338 e.